The summed E-state index contributed by atoms with van der Waals surface area (Å²) in [6.07, 6.45) is 2.67. The van der Waals surface area contributed by atoms with Gasteiger partial charge in [0.05, 0.1) is 5.75 Å². The lowest BCUT2D eigenvalue weighted by molar-refractivity contribution is -0.133. The van der Waals surface area contributed by atoms with Crippen LogP contribution in [0.3, 0.4) is 0 Å². The molecule has 0 atom stereocenters. The number of aliphatic carboxylic acids is 1. The van der Waals surface area contributed by atoms with Crippen molar-refractivity contribution in [1.82, 2.24) is 14.5 Å². The van der Waals surface area contributed by atoms with E-state index in [1.165, 1.54) is 11.8 Å². The maximum atomic E-state index is 10.6. The van der Waals surface area contributed by atoms with Gasteiger partial charge >= 0.3 is 5.97 Å². The third kappa shape index (κ3) is 2.84. The lowest BCUT2D eigenvalue weighted by Crippen LogP contribution is -2.03. The Kier molecular flexibility index (Phi) is 4.23. The number of hydrogen-bond acceptors (Lipinski definition) is 4. The van der Waals surface area contributed by atoms with Gasteiger partial charge in [-0.1, -0.05) is 18.7 Å². The average molecular weight is 330 g/mol. The third-order valence-electron chi connectivity index (χ3n) is 2.29. The molecule has 0 bridgehead atoms. The molecule has 2 aromatic heterocycles. The number of imidazole rings is 1. The van der Waals surface area contributed by atoms with Gasteiger partial charge in [-0.05, 0) is 28.4 Å². The van der Waals surface area contributed by atoms with Crippen LogP contribution in [0, 0.1) is 0 Å². The van der Waals surface area contributed by atoms with Crippen molar-refractivity contribution in [3.05, 3.63) is 16.7 Å². The number of carboxylic acid groups (broad SMARTS) is 1. The molecule has 0 saturated carbocycles. The first kappa shape index (κ1) is 13.4. The zero-order valence-electron chi connectivity index (χ0n) is 9.76. The van der Waals surface area contributed by atoms with Crippen molar-refractivity contribution in [2.24, 2.45) is 0 Å². The summed E-state index contributed by atoms with van der Waals surface area (Å²) in [5.41, 5.74) is 1.58. The van der Waals surface area contributed by atoms with Gasteiger partial charge in [-0.15, -0.1) is 0 Å². The maximum Gasteiger partial charge on any atom is 0.313 e. The fourth-order valence-electron chi connectivity index (χ4n) is 1.63. The van der Waals surface area contributed by atoms with Gasteiger partial charge in [0.15, 0.2) is 10.8 Å². The number of nitrogens with zero attached hydrogens (tertiary/aromatic N) is 3. The van der Waals surface area contributed by atoms with E-state index in [9.17, 15) is 4.79 Å². The predicted molar refractivity (Wildman–Crippen MR) is 73.9 cm³/mol. The summed E-state index contributed by atoms with van der Waals surface area (Å²) >= 11 is 4.58. The molecule has 0 spiro atoms. The van der Waals surface area contributed by atoms with Crippen LogP contribution in [0.25, 0.3) is 11.2 Å². The van der Waals surface area contributed by atoms with Crippen molar-refractivity contribution in [2.75, 3.05) is 5.75 Å². The van der Waals surface area contributed by atoms with E-state index in [4.69, 9.17) is 5.11 Å². The van der Waals surface area contributed by atoms with Gasteiger partial charge in [0, 0.05) is 17.2 Å². The number of carboxylic acids is 1. The Morgan fingerprint density at radius 2 is 2.39 bits per heavy atom. The zero-order chi connectivity index (χ0) is 13.1. The predicted octanol–water partition coefficient (Wildman–Crippen LogP) is 2.78. The summed E-state index contributed by atoms with van der Waals surface area (Å²) in [6, 6.07) is 1.89. The van der Waals surface area contributed by atoms with Crippen molar-refractivity contribution in [2.45, 2.75) is 25.0 Å². The number of fused-ring (bicyclic) bond motifs is 1. The number of aryl methyl sites for hydroxylation is 1. The van der Waals surface area contributed by atoms with Crippen LogP contribution in [0.15, 0.2) is 21.9 Å². The summed E-state index contributed by atoms with van der Waals surface area (Å²) in [4.78, 5) is 19.4. The first-order valence-electron chi connectivity index (χ1n) is 5.48. The number of hydrogen-bond donors (Lipinski definition) is 1. The molecule has 18 heavy (non-hydrogen) atoms. The molecule has 96 valence electrons. The fourth-order valence-corrected chi connectivity index (χ4v) is 2.70. The van der Waals surface area contributed by atoms with Crippen LogP contribution >= 0.6 is 27.7 Å². The SMILES string of the molecule is CCCn1c(SCC(=O)O)nc2cc(Br)cnc21. The van der Waals surface area contributed by atoms with E-state index >= 15 is 0 Å². The Bertz CT molecular complexity index is 585. The van der Waals surface area contributed by atoms with Gasteiger partial charge in [0.1, 0.15) is 5.52 Å². The minimum absolute atomic E-state index is 0.00814. The van der Waals surface area contributed by atoms with Crippen molar-refractivity contribution < 1.29 is 9.90 Å². The quantitative estimate of drug-likeness (QED) is 0.854. The molecule has 0 saturated heterocycles. The molecule has 0 radical (unpaired) electrons. The number of halogens is 1. The zero-order valence-corrected chi connectivity index (χ0v) is 12.2. The molecule has 0 aliphatic heterocycles. The topological polar surface area (TPSA) is 68.0 Å². The van der Waals surface area contributed by atoms with Crippen molar-refractivity contribution in [3.63, 3.8) is 0 Å². The third-order valence-corrected chi connectivity index (χ3v) is 3.68. The van der Waals surface area contributed by atoms with E-state index in [0.29, 0.717) is 5.16 Å². The normalized spacial score (nSPS) is 11.0. The Hall–Kier alpha value is -1.08. The van der Waals surface area contributed by atoms with Crippen LogP contribution in [0.2, 0.25) is 0 Å². The Morgan fingerprint density at radius 1 is 1.61 bits per heavy atom. The minimum Gasteiger partial charge on any atom is -0.481 e. The van der Waals surface area contributed by atoms with Crippen LogP contribution < -0.4 is 0 Å². The van der Waals surface area contributed by atoms with Gasteiger partial charge in [-0.3, -0.25) is 4.79 Å². The monoisotopic (exact) mass is 329 g/mol. The molecule has 0 amide bonds. The van der Waals surface area contributed by atoms with Crippen LogP contribution in [0.5, 0.6) is 0 Å². The van der Waals surface area contributed by atoms with E-state index in [-0.39, 0.29) is 5.75 Å². The van der Waals surface area contributed by atoms with Crippen LogP contribution in [-0.2, 0) is 11.3 Å². The van der Waals surface area contributed by atoms with E-state index in [1.54, 1.807) is 6.20 Å². The Balaban J connectivity index is 2.43. The fraction of sp³-hybridized carbons (Fsp3) is 0.364. The Morgan fingerprint density at radius 3 is 3.06 bits per heavy atom. The summed E-state index contributed by atoms with van der Waals surface area (Å²) in [5.74, 6) is -0.835. The average Bonchev–Trinajstić information content (AvgIpc) is 2.64. The molecule has 0 unspecified atom stereocenters. The highest BCUT2D eigenvalue weighted by Crippen LogP contribution is 2.24. The number of aromatic nitrogens is 3. The number of carbonyl (C=O) groups is 1. The first-order chi connectivity index (χ1) is 8.61. The molecule has 0 aliphatic carbocycles. The van der Waals surface area contributed by atoms with E-state index in [0.717, 1.165) is 28.6 Å². The highest BCUT2D eigenvalue weighted by atomic mass is 79.9. The summed E-state index contributed by atoms with van der Waals surface area (Å²) < 4.78 is 2.83. The number of pyridine rings is 1. The summed E-state index contributed by atoms with van der Waals surface area (Å²) in [5, 5.41) is 9.44. The highest BCUT2D eigenvalue weighted by Gasteiger charge is 2.13. The molecule has 1 N–H and O–H groups in total. The molecule has 0 fully saturated rings. The van der Waals surface area contributed by atoms with Gasteiger partial charge in [-0.25, -0.2) is 9.97 Å². The molecule has 2 rings (SSSR count). The molecule has 0 aromatic carbocycles. The van der Waals surface area contributed by atoms with Crippen molar-refractivity contribution in [3.8, 4) is 0 Å². The largest absolute Gasteiger partial charge is 0.481 e. The highest BCUT2D eigenvalue weighted by molar-refractivity contribution is 9.10. The summed E-state index contributed by atoms with van der Waals surface area (Å²) in [7, 11) is 0. The smallest absolute Gasteiger partial charge is 0.313 e. The van der Waals surface area contributed by atoms with Gasteiger partial charge < -0.3 is 9.67 Å². The van der Waals surface area contributed by atoms with Gasteiger partial charge in [-0.2, -0.15) is 0 Å². The number of rotatable bonds is 5. The van der Waals surface area contributed by atoms with E-state index in [2.05, 4.69) is 32.8 Å². The van der Waals surface area contributed by atoms with E-state index in [1.807, 2.05) is 10.6 Å². The minimum atomic E-state index is -0.843. The second-order valence-electron chi connectivity index (χ2n) is 3.72. The molecule has 0 aliphatic rings. The Labute approximate surface area is 117 Å². The standard InChI is InChI=1S/C11H12BrN3O2S/c1-2-3-15-10-8(4-7(12)5-13-10)14-11(15)18-6-9(16)17/h4-5H,2-3,6H2,1H3,(H,16,17). The van der Waals surface area contributed by atoms with Gasteiger partial charge in [0.25, 0.3) is 0 Å². The molecule has 2 heterocycles. The molecule has 2 aromatic rings. The summed E-state index contributed by atoms with van der Waals surface area (Å²) in [6.45, 7) is 2.85. The van der Waals surface area contributed by atoms with Crippen molar-refractivity contribution in [1.29, 1.82) is 0 Å². The van der Waals surface area contributed by atoms with Crippen LogP contribution in [0.1, 0.15) is 13.3 Å². The molecular formula is C11H12BrN3O2S. The maximum absolute atomic E-state index is 10.6. The second-order valence-corrected chi connectivity index (χ2v) is 5.58. The number of thioether (sulfide) groups is 1. The van der Waals surface area contributed by atoms with Crippen LogP contribution in [-0.4, -0.2) is 31.4 Å². The second kappa shape index (κ2) is 5.71. The lowest BCUT2D eigenvalue weighted by atomic mass is 10.4. The van der Waals surface area contributed by atoms with Crippen LogP contribution in [0.4, 0.5) is 0 Å². The first-order valence-corrected chi connectivity index (χ1v) is 7.26. The molecule has 7 heteroatoms. The van der Waals surface area contributed by atoms with E-state index < -0.39 is 5.97 Å². The molecule has 5 nitrogen and oxygen atoms in total. The van der Waals surface area contributed by atoms with Crippen molar-refractivity contribution >= 4 is 44.8 Å². The lowest BCUT2D eigenvalue weighted by Gasteiger charge is -2.05. The van der Waals surface area contributed by atoms with Gasteiger partial charge in [0.2, 0.25) is 0 Å². The molecular weight excluding hydrogens is 318 g/mol.